The fourth-order valence-electron chi connectivity index (χ4n) is 8.16. The molecule has 0 aliphatic rings. The van der Waals surface area contributed by atoms with Crippen LogP contribution in [0.4, 0.5) is 17.1 Å². The van der Waals surface area contributed by atoms with Crippen LogP contribution in [-0.2, 0) is 0 Å². The zero-order valence-corrected chi connectivity index (χ0v) is 30.6. The Bertz CT molecular complexity index is 3210. The standard InChI is InChI=1S/C52H33NOS/c1-2-11-37-32-38(21-20-34(37)10-1)35-22-27-40(28-23-35)53(41-29-24-36(25-30-41)39-26-31-50-47(33-39)43-13-4-7-18-49(43)54-50)48-17-6-3-12-42(48)45-15-9-16-46-44-14-5-8-19-51(44)55-52(45)46/h1-33H. The van der Waals surface area contributed by atoms with Gasteiger partial charge < -0.3 is 9.32 Å². The predicted octanol–water partition coefficient (Wildman–Crippen LogP) is 15.6. The molecule has 9 aromatic carbocycles. The number of thiophene rings is 1. The van der Waals surface area contributed by atoms with Crippen LogP contribution in [0.1, 0.15) is 0 Å². The smallest absolute Gasteiger partial charge is 0.135 e. The summed E-state index contributed by atoms with van der Waals surface area (Å²) in [5.41, 5.74) is 12.3. The van der Waals surface area contributed by atoms with Crippen LogP contribution in [-0.4, -0.2) is 0 Å². The number of rotatable bonds is 6. The second-order valence-corrected chi connectivity index (χ2v) is 15.2. The van der Waals surface area contributed by atoms with Gasteiger partial charge in [0, 0.05) is 53.4 Å². The minimum Gasteiger partial charge on any atom is -0.456 e. The summed E-state index contributed by atoms with van der Waals surface area (Å²) in [5, 5.41) is 7.37. The van der Waals surface area contributed by atoms with E-state index in [0.29, 0.717) is 0 Å². The highest BCUT2D eigenvalue weighted by atomic mass is 32.1. The van der Waals surface area contributed by atoms with Gasteiger partial charge in [-0.25, -0.2) is 0 Å². The van der Waals surface area contributed by atoms with Gasteiger partial charge in [-0.15, -0.1) is 11.3 Å². The minimum absolute atomic E-state index is 0.908. The number of nitrogens with zero attached hydrogens (tertiary/aromatic N) is 1. The summed E-state index contributed by atoms with van der Waals surface area (Å²) in [4.78, 5) is 2.40. The fourth-order valence-corrected chi connectivity index (χ4v) is 9.39. The number of benzene rings is 9. The van der Waals surface area contributed by atoms with Crippen LogP contribution >= 0.6 is 11.3 Å². The predicted molar refractivity (Wildman–Crippen MR) is 235 cm³/mol. The second-order valence-electron chi connectivity index (χ2n) is 14.1. The molecule has 0 atom stereocenters. The zero-order valence-electron chi connectivity index (χ0n) is 29.8. The van der Waals surface area contributed by atoms with E-state index in [-0.39, 0.29) is 0 Å². The number of furan rings is 1. The van der Waals surface area contributed by atoms with Gasteiger partial charge in [-0.3, -0.25) is 0 Å². The maximum absolute atomic E-state index is 6.13. The van der Waals surface area contributed by atoms with Crippen molar-refractivity contribution in [1.82, 2.24) is 0 Å². The molecule has 0 saturated carbocycles. The zero-order chi connectivity index (χ0) is 36.3. The van der Waals surface area contributed by atoms with Crippen molar-refractivity contribution in [2.75, 3.05) is 4.90 Å². The molecule has 0 spiro atoms. The van der Waals surface area contributed by atoms with Crippen LogP contribution in [0, 0.1) is 0 Å². The molecular weight excluding hydrogens is 687 g/mol. The van der Waals surface area contributed by atoms with Crippen molar-refractivity contribution in [2.24, 2.45) is 0 Å². The van der Waals surface area contributed by atoms with Crippen LogP contribution in [0.5, 0.6) is 0 Å². The van der Waals surface area contributed by atoms with E-state index in [9.17, 15) is 0 Å². The molecule has 2 nitrogen and oxygen atoms in total. The Labute approximate surface area is 322 Å². The monoisotopic (exact) mass is 719 g/mol. The lowest BCUT2D eigenvalue weighted by atomic mass is 9.98. The van der Waals surface area contributed by atoms with Crippen molar-refractivity contribution in [2.45, 2.75) is 0 Å². The van der Waals surface area contributed by atoms with E-state index in [0.717, 1.165) is 50.1 Å². The summed E-state index contributed by atoms with van der Waals surface area (Å²) >= 11 is 1.87. The van der Waals surface area contributed by atoms with E-state index in [1.807, 2.05) is 23.5 Å². The molecule has 0 unspecified atom stereocenters. The molecule has 2 aromatic heterocycles. The van der Waals surface area contributed by atoms with Gasteiger partial charge in [0.25, 0.3) is 0 Å². The Morgan fingerprint density at radius 1 is 0.364 bits per heavy atom. The van der Waals surface area contributed by atoms with Gasteiger partial charge in [-0.1, -0.05) is 140 Å². The molecule has 11 rings (SSSR count). The highest BCUT2D eigenvalue weighted by Gasteiger charge is 2.20. The molecular formula is C52H33NOS. The molecule has 0 aliphatic carbocycles. The minimum atomic E-state index is 0.908. The summed E-state index contributed by atoms with van der Waals surface area (Å²) in [6, 6.07) is 72.3. The van der Waals surface area contributed by atoms with Gasteiger partial charge in [0.1, 0.15) is 11.2 Å². The van der Waals surface area contributed by atoms with Gasteiger partial charge in [-0.2, -0.15) is 0 Å². The van der Waals surface area contributed by atoms with E-state index in [4.69, 9.17) is 4.42 Å². The van der Waals surface area contributed by atoms with Gasteiger partial charge >= 0.3 is 0 Å². The average molecular weight is 720 g/mol. The first-order valence-electron chi connectivity index (χ1n) is 18.7. The Kier molecular flexibility index (Phi) is 7.39. The van der Waals surface area contributed by atoms with Gasteiger partial charge in [0.2, 0.25) is 0 Å². The highest BCUT2D eigenvalue weighted by Crippen LogP contribution is 2.46. The maximum Gasteiger partial charge on any atom is 0.135 e. The Hall–Kier alpha value is -6.94. The van der Waals surface area contributed by atoms with E-state index < -0.39 is 0 Å². The number of para-hydroxylation sites is 2. The van der Waals surface area contributed by atoms with E-state index >= 15 is 0 Å². The molecule has 0 bridgehead atoms. The largest absolute Gasteiger partial charge is 0.456 e. The van der Waals surface area contributed by atoms with Crippen LogP contribution in [0.2, 0.25) is 0 Å². The summed E-state index contributed by atoms with van der Waals surface area (Å²) < 4.78 is 8.74. The molecule has 0 aliphatic heterocycles. The molecule has 0 N–H and O–H groups in total. The third-order valence-electron chi connectivity index (χ3n) is 10.9. The van der Waals surface area contributed by atoms with Crippen molar-refractivity contribution in [3.05, 3.63) is 200 Å². The number of anilines is 3. The van der Waals surface area contributed by atoms with Crippen molar-refractivity contribution in [3.63, 3.8) is 0 Å². The second kappa shape index (κ2) is 12.9. The van der Waals surface area contributed by atoms with Gasteiger partial charge in [-0.05, 0) is 93.7 Å². The average Bonchev–Trinajstić information content (AvgIpc) is 3.83. The molecule has 11 aromatic rings. The van der Waals surface area contributed by atoms with Gasteiger partial charge in [0.05, 0.1) is 5.69 Å². The lowest BCUT2D eigenvalue weighted by molar-refractivity contribution is 0.669. The van der Waals surface area contributed by atoms with Crippen LogP contribution < -0.4 is 4.90 Å². The Morgan fingerprint density at radius 3 is 1.76 bits per heavy atom. The third kappa shape index (κ3) is 5.40. The summed E-state index contributed by atoms with van der Waals surface area (Å²) in [6.45, 7) is 0. The summed E-state index contributed by atoms with van der Waals surface area (Å²) in [5.74, 6) is 0. The molecule has 258 valence electrons. The van der Waals surface area contributed by atoms with Crippen molar-refractivity contribution < 1.29 is 4.42 Å². The molecule has 0 fully saturated rings. The first kappa shape index (κ1) is 31.6. The molecule has 0 amide bonds. The topological polar surface area (TPSA) is 16.4 Å². The number of fused-ring (bicyclic) bond motifs is 7. The van der Waals surface area contributed by atoms with Crippen LogP contribution in [0.3, 0.4) is 0 Å². The van der Waals surface area contributed by atoms with E-state index in [1.165, 1.54) is 53.2 Å². The van der Waals surface area contributed by atoms with Gasteiger partial charge in [0.15, 0.2) is 0 Å². The van der Waals surface area contributed by atoms with Crippen LogP contribution in [0.15, 0.2) is 205 Å². The Morgan fingerprint density at radius 2 is 0.945 bits per heavy atom. The normalized spacial score (nSPS) is 11.6. The molecule has 2 heterocycles. The molecule has 0 saturated heterocycles. The van der Waals surface area contributed by atoms with E-state index in [1.54, 1.807) is 0 Å². The number of hydrogen-bond acceptors (Lipinski definition) is 3. The molecule has 3 heteroatoms. The SMILES string of the molecule is c1ccc(N(c2ccc(-c3ccc4ccccc4c3)cc2)c2ccc(-c3ccc4oc5ccccc5c4c3)cc2)c(-c2cccc3c2sc2ccccc23)c1. The van der Waals surface area contributed by atoms with E-state index in [2.05, 4.69) is 193 Å². The van der Waals surface area contributed by atoms with Crippen molar-refractivity contribution in [1.29, 1.82) is 0 Å². The van der Waals surface area contributed by atoms with Crippen molar-refractivity contribution >= 4 is 81.3 Å². The van der Waals surface area contributed by atoms with Crippen molar-refractivity contribution in [3.8, 4) is 33.4 Å². The Balaban J connectivity index is 1.05. The first-order chi connectivity index (χ1) is 27.2. The highest BCUT2D eigenvalue weighted by molar-refractivity contribution is 7.26. The van der Waals surface area contributed by atoms with Crippen LogP contribution in [0.25, 0.3) is 86.3 Å². The summed E-state index contributed by atoms with van der Waals surface area (Å²) in [7, 11) is 0. The third-order valence-corrected chi connectivity index (χ3v) is 12.1. The first-order valence-corrected chi connectivity index (χ1v) is 19.5. The lowest BCUT2D eigenvalue weighted by Gasteiger charge is -2.28. The lowest BCUT2D eigenvalue weighted by Crippen LogP contribution is -2.11. The quantitative estimate of drug-likeness (QED) is 0.170. The molecule has 0 radical (unpaired) electrons. The fraction of sp³-hybridized carbons (Fsp3) is 0. The summed E-state index contributed by atoms with van der Waals surface area (Å²) in [6.07, 6.45) is 0. The maximum atomic E-state index is 6.13. The molecule has 55 heavy (non-hydrogen) atoms. The number of hydrogen-bond donors (Lipinski definition) is 0.